The van der Waals surface area contributed by atoms with Gasteiger partial charge in [0.05, 0.1) is 5.56 Å². The Kier molecular flexibility index (Phi) is 3.28. The van der Waals surface area contributed by atoms with Gasteiger partial charge in [0.1, 0.15) is 5.76 Å². The van der Waals surface area contributed by atoms with Gasteiger partial charge in [0, 0.05) is 10.5 Å². The zero-order valence-corrected chi connectivity index (χ0v) is 11.0. The molecule has 1 aromatic carbocycles. The molecule has 17 heavy (non-hydrogen) atoms. The second kappa shape index (κ2) is 4.71. The number of halogens is 1. The van der Waals surface area contributed by atoms with Crippen molar-refractivity contribution >= 4 is 27.7 Å². The Morgan fingerprint density at radius 1 is 1.35 bits per heavy atom. The number of carbonyl (C=O) groups excluding carboxylic acids is 1. The third-order valence-electron chi connectivity index (χ3n) is 2.24. The molecular weight excluding hydrogens is 284 g/mol. The van der Waals surface area contributed by atoms with E-state index in [0.717, 1.165) is 10.0 Å². The Labute approximate surface area is 107 Å². The highest BCUT2D eigenvalue weighted by Gasteiger charge is 2.12. The fourth-order valence-corrected chi connectivity index (χ4v) is 1.85. The zero-order chi connectivity index (χ0) is 12.4. The van der Waals surface area contributed by atoms with Crippen molar-refractivity contribution in [3.63, 3.8) is 0 Å². The minimum absolute atomic E-state index is 0.214. The van der Waals surface area contributed by atoms with Crippen molar-refractivity contribution in [2.45, 2.75) is 13.8 Å². The first-order chi connectivity index (χ1) is 8.06. The molecule has 0 fully saturated rings. The quantitative estimate of drug-likeness (QED) is 0.924. The number of carbonyl (C=O) groups is 1. The second-order valence-electron chi connectivity index (χ2n) is 3.76. The smallest absolute Gasteiger partial charge is 0.258 e. The number of aromatic nitrogens is 1. The van der Waals surface area contributed by atoms with Gasteiger partial charge in [0.15, 0.2) is 5.82 Å². The maximum Gasteiger partial charge on any atom is 0.258 e. The summed E-state index contributed by atoms with van der Waals surface area (Å²) in [5.74, 6) is 0.860. The van der Waals surface area contributed by atoms with Gasteiger partial charge in [0.2, 0.25) is 0 Å². The molecule has 0 saturated heterocycles. The Morgan fingerprint density at radius 3 is 2.76 bits per heavy atom. The summed E-state index contributed by atoms with van der Waals surface area (Å²) >= 11 is 3.34. The third kappa shape index (κ3) is 2.74. The van der Waals surface area contributed by atoms with E-state index in [1.807, 2.05) is 25.1 Å². The summed E-state index contributed by atoms with van der Waals surface area (Å²) in [6.07, 6.45) is 0. The Bertz CT molecular complexity index is 563. The normalized spacial score (nSPS) is 10.3. The predicted molar refractivity (Wildman–Crippen MR) is 68.1 cm³/mol. The number of rotatable bonds is 2. The van der Waals surface area contributed by atoms with Crippen molar-refractivity contribution in [1.82, 2.24) is 5.16 Å². The minimum Gasteiger partial charge on any atom is -0.360 e. The number of hydrogen-bond acceptors (Lipinski definition) is 3. The minimum atomic E-state index is -0.214. The van der Waals surface area contributed by atoms with Crippen LogP contribution in [0.4, 0.5) is 5.82 Å². The summed E-state index contributed by atoms with van der Waals surface area (Å²) in [4.78, 5) is 12.0. The van der Waals surface area contributed by atoms with Crippen molar-refractivity contribution < 1.29 is 9.32 Å². The molecule has 0 bridgehead atoms. The molecule has 1 amide bonds. The van der Waals surface area contributed by atoms with Gasteiger partial charge in [-0.3, -0.25) is 4.79 Å². The van der Waals surface area contributed by atoms with Crippen LogP contribution in [0.5, 0.6) is 0 Å². The maximum absolute atomic E-state index is 12.0. The second-order valence-corrected chi connectivity index (χ2v) is 4.61. The number of aryl methyl sites for hydroxylation is 2. The fourth-order valence-electron chi connectivity index (χ4n) is 1.42. The Morgan fingerprint density at radius 2 is 2.12 bits per heavy atom. The van der Waals surface area contributed by atoms with Gasteiger partial charge in [-0.25, -0.2) is 0 Å². The van der Waals surface area contributed by atoms with Gasteiger partial charge in [-0.05, 0) is 41.9 Å². The van der Waals surface area contributed by atoms with E-state index in [0.29, 0.717) is 17.1 Å². The lowest BCUT2D eigenvalue weighted by atomic mass is 10.1. The van der Waals surface area contributed by atoms with Crippen LogP contribution in [-0.4, -0.2) is 11.1 Å². The highest BCUT2D eigenvalue weighted by Crippen LogP contribution is 2.19. The van der Waals surface area contributed by atoms with Crippen molar-refractivity contribution in [2.24, 2.45) is 0 Å². The topological polar surface area (TPSA) is 55.1 Å². The van der Waals surface area contributed by atoms with Crippen molar-refractivity contribution in [2.75, 3.05) is 5.32 Å². The van der Waals surface area contributed by atoms with E-state index in [-0.39, 0.29) is 5.91 Å². The molecule has 1 N–H and O–H groups in total. The first kappa shape index (κ1) is 11.9. The van der Waals surface area contributed by atoms with Crippen LogP contribution in [0.2, 0.25) is 0 Å². The van der Waals surface area contributed by atoms with Gasteiger partial charge in [-0.1, -0.05) is 16.8 Å². The Balaban J connectivity index is 2.22. The maximum atomic E-state index is 12.0. The Hall–Kier alpha value is -1.62. The molecule has 4 nitrogen and oxygen atoms in total. The average molecular weight is 295 g/mol. The van der Waals surface area contributed by atoms with Gasteiger partial charge in [0.25, 0.3) is 5.91 Å². The fraction of sp³-hybridized carbons (Fsp3) is 0.167. The summed E-state index contributed by atoms with van der Waals surface area (Å²) in [6.45, 7) is 3.70. The number of nitrogens with one attached hydrogen (secondary N) is 1. The van der Waals surface area contributed by atoms with Gasteiger partial charge >= 0.3 is 0 Å². The molecule has 0 radical (unpaired) electrons. The number of benzene rings is 1. The van der Waals surface area contributed by atoms with Crippen LogP contribution in [0.25, 0.3) is 0 Å². The highest BCUT2D eigenvalue weighted by molar-refractivity contribution is 9.10. The number of hydrogen-bond donors (Lipinski definition) is 1. The SMILES string of the molecule is Cc1ccc(Br)c(C(=O)Nc2cc(C)on2)c1. The van der Waals surface area contributed by atoms with E-state index in [4.69, 9.17) is 4.52 Å². The van der Waals surface area contributed by atoms with E-state index < -0.39 is 0 Å². The van der Waals surface area contributed by atoms with E-state index in [2.05, 4.69) is 26.4 Å². The van der Waals surface area contributed by atoms with Crippen LogP contribution >= 0.6 is 15.9 Å². The molecule has 0 atom stereocenters. The molecule has 1 aromatic heterocycles. The number of nitrogens with zero attached hydrogens (tertiary/aromatic N) is 1. The van der Waals surface area contributed by atoms with E-state index in [1.54, 1.807) is 13.0 Å². The summed E-state index contributed by atoms with van der Waals surface area (Å²) in [5.41, 5.74) is 1.60. The highest BCUT2D eigenvalue weighted by atomic mass is 79.9. The lowest BCUT2D eigenvalue weighted by Gasteiger charge is -2.04. The summed E-state index contributed by atoms with van der Waals surface area (Å²) in [7, 11) is 0. The van der Waals surface area contributed by atoms with Crippen molar-refractivity contribution in [1.29, 1.82) is 0 Å². The summed E-state index contributed by atoms with van der Waals surface area (Å²) < 4.78 is 5.63. The lowest BCUT2D eigenvalue weighted by Crippen LogP contribution is -2.12. The monoisotopic (exact) mass is 294 g/mol. The van der Waals surface area contributed by atoms with Crippen LogP contribution in [0.3, 0.4) is 0 Å². The molecule has 0 saturated carbocycles. The average Bonchev–Trinajstić information content (AvgIpc) is 2.67. The molecule has 0 aliphatic carbocycles. The van der Waals surface area contributed by atoms with Crippen LogP contribution in [0, 0.1) is 13.8 Å². The van der Waals surface area contributed by atoms with Crippen LogP contribution < -0.4 is 5.32 Å². The largest absolute Gasteiger partial charge is 0.360 e. The molecule has 88 valence electrons. The van der Waals surface area contributed by atoms with Crippen molar-refractivity contribution in [3.8, 4) is 0 Å². The molecule has 2 aromatic rings. The van der Waals surface area contributed by atoms with Crippen LogP contribution in [-0.2, 0) is 0 Å². The number of amides is 1. The van der Waals surface area contributed by atoms with Gasteiger partial charge < -0.3 is 9.84 Å². The standard InChI is InChI=1S/C12H11BrN2O2/c1-7-3-4-10(13)9(5-7)12(16)14-11-6-8(2)17-15-11/h3-6H,1-2H3,(H,14,15,16). The van der Waals surface area contributed by atoms with E-state index in [9.17, 15) is 4.79 Å². The molecule has 0 spiro atoms. The molecule has 0 aliphatic rings. The van der Waals surface area contributed by atoms with E-state index in [1.165, 1.54) is 0 Å². The number of anilines is 1. The molecule has 2 rings (SSSR count). The zero-order valence-electron chi connectivity index (χ0n) is 9.45. The third-order valence-corrected chi connectivity index (χ3v) is 2.93. The summed E-state index contributed by atoms with van der Waals surface area (Å²) in [6, 6.07) is 7.26. The summed E-state index contributed by atoms with van der Waals surface area (Å²) in [5, 5.41) is 6.38. The predicted octanol–water partition coefficient (Wildman–Crippen LogP) is 3.31. The van der Waals surface area contributed by atoms with Gasteiger partial charge in [-0.2, -0.15) is 0 Å². The molecule has 1 heterocycles. The molecule has 0 aliphatic heterocycles. The van der Waals surface area contributed by atoms with E-state index >= 15 is 0 Å². The van der Waals surface area contributed by atoms with Crippen molar-refractivity contribution in [3.05, 3.63) is 45.6 Å². The first-order valence-corrected chi connectivity index (χ1v) is 5.86. The van der Waals surface area contributed by atoms with Gasteiger partial charge in [-0.15, -0.1) is 0 Å². The van der Waals surface area contributed by atoms with Crippen LogP contribution in [0.1, 0.15) is 21.7 Å². The molecular formula is C12H11BrN2O2. The first-order valence-electron chi connectivity index (χ1n) is 5.07. The molecule has 5 heteroatoms. The van der Waals surface area contributed by atoms with Crippen LogP contribution in [0.15, 0.2) is 33.3 Å². The lowest BCUT2D eigenvalue weighted by molar-refractivity contribution is 0.102. The molecule has 0 unspecified atom stereocenters.